The first-order valence-corrected chi connectivity index (χ1v) is 14.1. The van der Waals surface area contributed by atoms with Gasteiger partial charge in [-0.1, -0.05) is 26.8 Å². The average Bonchev–Trinajstić information content (AvgIpc) is 3.09. The van der Waals surface area contributed by atoms with E-state index in [1.165, 1.54) is 32.2 Å². The molecule has 0 unspecified atom stereocenters. The van der Waals surface area contributed by atoms with Crippen molar-refractivity contribution in [3.8, 4) is 22.9 Å². The zero-order chi connectivity index (χ0) is 21.0. The highest BCUT2D eigenvalue weighted by molar-refractivity contribution is 8.59. The van der Waals surface area contributed by atoms with E-state index in [9.17, 15) is 0 Å². The number of imidazole rings is 1. The van der Waals surface area contributed by atoms with Crippen LogP contribution in [0, 0.1) is 0 Å². The van der Waals surface area contributed by atoms with E-state index in [2.05, 4.69) is 59.2 Å². The van der Waals surface area contributed by atoms with Crippen LogP contribution in [-0.4, -0.2) is 23.2 Å². The lowest BCUT2D eigenvalue weighted by Gasteiger charge is -2.20. The van der Waals surface area contributed by atoms with Gasteiger partial charge in [0.1, 0.15) is 19.0 Å². The van der Waals surface area contributed by atoms with Crippen molar-refractivity contribution >= 4 is 65.7 Å². The minimum Gasteiger partial charge on any atom is -0.486 e. The second-order valence-electron chi connectivity index (χ2n) is 7.35. The lowest BCUT2D eigenvalue weighted by atomic mass is 9.86. The van der Waals surface area contributed by atoms with Crippen molar-refractivity contribution in [2.45, 2.75) is 26.2 Å². The number of nitrogen functional groups attached to an aromatic ring is 1. The van der Waals surface area contributed by atoms with Crippen LogP contribution in [0.2, 0.25) is 0 Å². The normalized spacial score (nSPS) is 12.7. The fourth-order valence-corrected chi connectivity index (χ4v) is 5.67. The highest BCUT2D eigenvalue weighted by atomic mass is 33.3. The number of ether oxygens (including phenoxy) is 2. The van der Waals surface area contributed by atoms with E-state index in [1.807, 2.05) is 24.3 Å². The maximum absolute atomic E-state index is 6.28. The fraction of sp³-hybridized carbons (Fsp3) is 0.316. The monoisotopic (exact) mass is 483 g/mol. The van der Waals surface area contributed by atoms with Crippen molar-refractivity contribution < 1.29 is 9.47 Å². The number of aromatic amines is 1. The van der Waals surface area contributed by atoms with Crippen LogP contribution in [0.15, 0.2) is 30.3 Å². The Morgan fingerprint density at radius 2 is 1.69 bits per heavy atom. The van der Waals surface area contributed by atoms with E-state index < -0.39 is 0 Å². The van der Waals surface area contributed by atoms with Crippen LogP contribution in [0.1, 0.15) is 26.3 Å². The fourth-order valence-electron chi connectivity index (χ4n) is 2.93. The number of rotatable bonds is 1. The molecule has 154 valence electrons. The molecule has 1 aliphatic rings. The summed E-state index contributed by atoms with van der Waals surface area (Å²) in [5.74, 6) is 2.24. The van der Waals surface area contributed by atoms with Crippen LogP contribution in [0.25, 0.3) is 22.4 Å². The van der Waals surface area contributed by atoms with Gasteiger partial charge in [0.05, 0.1) is 11.0 Å². The van der Waals surface area contributed by atoms with Gasteiger partial charge < -0.3 is 20.2 Å². The molecule has 2 aromatic carbocycles. The summed E-state index contributed by atoms with van der Waals surface area (Å²) in [7, 11) is 3.95. The molecular formula is C19H21N3O2S5. The molecule has 1 aromatic heterocycles. The molecule has 0 saturated carbocycles. The summed E-state index contributed by atoms with van der Waals surface area (Å²) in [6.07, 6.45) is 0. The van der Waals surface area contributed by atoms with Gasteiger partial charge in [-0.05, 0) is 23.1 Å². The van der Waals surface area contributed by atoms with Gasteiger partial charge in [0.15, 0.2) is 11.5 Å². The molecule has 10 heteroatoms. The predicted molar refractivity (Wildman–Crippen MR) is 132 cm³/mol. The van der Waals surface area contributed by atoms with Gasteiger partial charge in [0, 0.05) is 72.4 Å². The number of H-pyrrole nitrogens is 1. The summed E-state index contributed by atoms with van der Waals surface area (Å²) in [4.78, 5) is 8.01. The molecule has 0 fully saturated rings. The highest BCUT2D eigenvalue weighted by Crippen LogP contribution is 2.36. The Hall–Kier alpha value is -1.59. The van der Waals surface area contributed by atoms with Crippen molar-refractivity contribution in [1.29, 1.82) is 0 Å². The van der Waals surface area contributed by atoms with Gasteiger partial charge in [-0.15, -0.1) is 0 Å². The Bertz CT molecular complexity index is 1110. The number of benzene rings is 2. The molecule has 0 aliphatic carbocycles. The van der Waals surface area contributed by atoms with Gasteiger partial charge in [-0.2, -0.15) is 0 Å². The summed E-state index contributed by atoms with van der Waals surface area (Å²) in [6.45, 7) is 7.66. The highest BCUT2D eigenvalue weighted by Gasteiger charge is 2.18. The Labute approximate surface area is 188 Å². The predicted octanol–water partition coefficient (Wildman–Crippen LogP) is 3.87. The maximum atomic E-state index is 6.28. The van der Waals surface area contributed by atoms with Crippen molar-refractivity contribution in [2.24, 2.45) is 0 Å². The second-order valence-corrected chi connectivity index (χ2v) is 12.7. The number of fused-ring (bicyclic) bond motifs is 2. The molecule has 1 aliphatic heterocycles. The summed E-state index contributed by atoms with van der Waals surface area (Å²) in [5.41, 5.74) is 10.9. The minimum absolute atomic E-state index is 0.0637. The number of nitrogens with one attached hydrogen (secondary N) is 1. The number of hydrogen-bond donors (Lipinski definition) is 2. The van der Waals surface area contributed by atoms with Gasteiger partial charge in [0.2, 0.25) is 0 Å². The summed E-state index contributed by atoms with van der Waals surface area (Å²) >= 11 is 8.89. The maximum Gasteiger partial charge on any atom is 0.163 e. The van der Waals surface area contributed by atoms with E-state index in [0.29, 0.717) is 13.2 Å². The molecular weight excluding hydrogens is 463 g/mol. The van der Waals surface area contributed by atoms with Crippen LogP contribution in [0.4, 0.5) is 5.69 Å². The molecule has 0 radical (unpaired) electrons. The van der Waals surface area contributed by atoms with E-state index in [-0.39, 0.29) is 5.41 Å². The zero-order valence-electron chi connectivity index (χ0n) is 16.2. The number of nitrogens with two attached hydrogens (primary N) is 1. The summed E-state index contributed by atoms with van der Waals surface area (Å²) < 4.78 is 11.2. The zero-order valence-corrected chi connectivity index (χ0v) is 20.3. The molecule has 0 bridgehead atoms. The Morgan fingerprint density at radius 1 is 1.03 bits per heavy atom. The number of anilines is 1. The van der Waals surface area contributed by atoms with Gasteiger partial charge in [-0.3, -0.25) is 0 Å². The van der Waals surface area contributed by atoms with Gasteiger partial charge in [-0.25, -0.2) is 4.98 Å². The Morgan fingerprint density at radius 3 is 2.24 bits per heavy atom. The number of aromatic nitrogens is 2. The molecule has 29 heavy (non-hydrogen) atoms. The first-order valence-electron chi connectivity index (χ1n) is 8.78. The third-order valence-electron chi connectivity index (χ3n) is 4.37. The van der Waals surface area contributed by atoms with Crippen LogP contribution in [0.3, 0.4) is 0 Å². The molecule has 5 nitrogen and oxygen atoms in total. The van der Waals surface area contributed by atoms with Crippen LogP contribution in [-0.2, 0) is 54.4 Å². The standard InChI is InChI=1S/C19H21N3O2.S5/c1-19(2,3)11-4-5-12(13(20)8-11)18-21-14-9-16-17(10-15(14)22-18)24-7-6-23-16;1-3-5-4-2/h4-5,8-10H,6-7,20H2,1-3H3,(H,21,22);. The smallest absolute Gasteiger partial charge is 0.163 e. The lowest BCUT2D eigenvalue weighted by Crippen LogP contribution is -2.15. The first-order chi connectivity index (χ1) is 13.8. The molecule has 4 rings (SSSR count). The first kappa shape index (κ1) is 22.1. The molecule has 0 saturated heterocycles. The summed E-state index contributed by atoms with van der Waals surface area (Å²) in [6, 6.07) is 10.0. The van der Waals surface area contributed by atoms with Crippen molar-refractivity contribution in [1.82, 2.24) is 9.97 Å². The summed E-state index contributed by atoms with van der Waals surface area (Å²) in [5, 5.41) is 0. The van der Waals surface area contributed by atoms with Gasteiger partial charge >= 0.3 is 0 Å². The topological polar surface area (TPSA) is 73.2 Å². The Kier molecular flexibility index (Phi) is 7.23. The van der Waals surface area contributed by atoms with Crippen molar-refractivity contribution in [2.75, 3.05) is 18.9 Å². The molecule has 2 heterocycles. The van der Waals surface area contributed by atoms with Gasteiger partial charge in [0.25, 0.3) is 0 Å². The largest absolute Gasteiger partial charge is 0.486 e. The Balaban J connectivity index is 0.000000431. The van der Waals surface area contributed by atoms with E-state index in [4.69, 9.17) is 15.2 Å². The molecule has 3 N–H and O–H groups in total. The molecule has 0 amide bonds. The molecule has 0 atom stereocenters. The van der Waals surface area contributed by atoms with Crippen LogP contribution >= 0.6 is 0 Å². The average molecular weight is 484 g/mol. The number of hydrogen-bond acceptors (Lipinski definition) is 6. The van der Waals surface area contributed by atoms with Crippen molar-refractivity contribution in [3.05, 3.63) is 35.9 Å². The SMILES string of the molecule is CC(C)(C)c1ccc(-c2nc3cc4c(cc3[nH]2)OCCO4)c(N)c1.S=S=S=S=S. The minimum atomic E-state index is 0.0637. The van der Waals surface area contributed by atoms with Crippen LogP contribution in [0.5, 0.6) is 11.5 Å². The van der Waals surface area contributed by atoms with Crippen LogP contribution < -0.4 is 15.2 Å². The second kappa shape index (κ2) is 9.48. The third kappa shape index (κ3) is 5.32. The molecule has 0 spiro atoms. The number of nitrogens with zero attached hydrogens (tertiary/aromatic N) is 1. The van der Waals surface area contributed by atoms with Crippen molar-refractivity contribution in [3.63, 3.8) is 0 Å². The van der Waals surface area contributed by atoms with E-state index in [0.717, 1.165) is 39.6 Å². The van der Waals surface area contributed by atoms with E-state index in [1.54, 1.807) is 0 Å². The lowest BCUT2D eigenvalue weighted by molar-refractivity contribution is 0.172. The quantitative estimate of drug-likeness (QED) is 0.512. The molecule has 3 aromatic rings. The van der Waals surface area contributed by atoms with E-state index >= 15 is 0 Å². The third-order valence-corrected chi connectivity index (χ3v) is 8.82.